The molecule has 2 aromatic carbocycles. The van der Waals surface area contributed by atoms with Gasteiger partial charge in [0.1, 0.15) is 0 Å². The first kappa shape index (κ1) is 20.0. The largest absolute Gasteiger partial charge is 0.368 e. The highest BCUT2D eigenvalue weighted by molar-refractivity contribution is 5.81. The van der Waals surface area contributed by atoms with E-state index in [1.165, 1.54) is 11.3 Å². The van der Waals surface area contributed by atoms with Crippen molar-refractivity contribution in [2.24, 2.45) is 5.92 Å². The summed E-state index contributed by atoms with van der Waals surface area (Å²) in [6.45, 7) is 12.0. The molecule has 2 fully saturated rings. The van der Waals surface area contributed by atoms with Crippen molar-refractivity contribution in [2.45, 2.75) is 32.2 Å². The van der Waals surface area contributed by atoms with E-state index in [-0.39, 0.29) is 17.4 Å². The van der Waals surface area contributed by atoms with E-state index in [0.717, 1.165) is 39.3 Å². The number of para-hydroxylation sites is 1. The molecule has 0 radical (unpaired) electrons. The third kappa shape index (κ3) is 4.32. The first-order valence-electron chi connectivity index (χ1n) is 10.8. The van der Waals surface area contributed by atoms with Gasteiger partial charge in [-0.1, -0.05) is 48.5 Å². The van der Waals surface area contributed by atoms with Crippen LogP contribution in [0.2, 0.25) is 0 Å². The molecule has 2 saturated heterocycles. The Kier molecular flexibility index (Phi) is 5.64. The maximum Gasteiger partial charge on any atom is 0.227 e. The summed E-state index contributed by atoms with van der Waals surface area (Å²) in [6.07, 6.45) is 0. The Hall–Kier alpha value is -2.33. The standard InChI is InChI=1S/C25H33N3O/c1-25(2,3)28-18-22(20-10-6-4-7-11-20)23(19-28)24(29)27-16-14-26(15-17-27)21-12-8-5-9-13-21/h4-13,22-23H,14-19H2,1-3H3/t22-,23+/m0/s1. The highest BCUT2D eigenvalue weighted by Crippen LogP contribution is 2.37. The van der Waals surface area contributed by atoms with Crippen molar-refractivity contribution < 1.29 is 4.79 Å². The maximum absolute atomic E-state index is 13.6. The molecular weight excluding hydrogens is 358 g/mol. The minimum Gasteiger partial charge on any atom is -0.368 e. The van der Waals surface area contributed by atoms with Gasteiger partial charge in [0, 0.05) is 56.4 Å². The quantitative estimate of drug-likeness (QED) is 0.795. The smallest absolute Gasteiger partial charge is 0.227 e. The molecule has 4 rings (SSSR count). The van der Waals surface area contributed by atoms with Crippen molar-refractivity contribution in [2.75, 3.05) is 44.2 Å². The molecule has 0 aromatic heterocycles. The summed E-state index contributed by atoms with van der Waals surface area (Å²) < 4.78 is 0. The zero-order valence-electron chi connectivity index (χ0n) is 17.9. The van der Waals surface area contributed by atoms with Crippen molar-refractivity contribution in [1.29, 1.82) is 0 Å². The zero-order chi connectivity index (χ0) is 20.4. The van der Waals surface area contributed by atoms with Crippen molar-refractivity contribution in [1.82, 2.24) is 9.80 Å². The molecular formula is C25H33N3O. The van der Waals surface area contributed by atoms with Gasteiger partial charge in [0.25, 0.3) is 0 Å². The summed E-state index contributed by atoms with van der Waals surface area (Å²) in [5.74, 6) is 0.647. The van der Waals surface area contributed by atoms with Crippen LogP contribution in [-0.2, 0) is 4.79 Å². The monoisotopic (exact) mass is 391 g/mol. The van der Waals surface area contributed by atoms with Crippen LogP contribution in [0.15, 0.2) is 60.7 Å². The number of hydrogen-bond acceptors (Lipinski definition) is 3. The number of rotatable bonds is 3. The highest BCUT2D eigenvalue weighted by atomic mass is 16.2. The molecule has 2 heterocycles. The van der Waals surface area contributed by atoms with Crippen LogP contribution in [0, 0.1) is 5.92 Å². The zero-order valence-corrected chi connectivity index (χ0v) is 17.9. The summed E-state index contributed by atoms with van der Waals surface area (Å²) >= 11 is 0. The molecule has 0 unspecified atom stereocenters. The molecule has 4 heteroatoms. The molecule has 2 aromatic rings. The van der Waals surface area contributed by atoms with Gasteiger partial charge in [-0.2, -0.15) is 0 Å². The summed E-state index contributed by atoms with van der Waals surface area (Å²) in [6, 6.07) is 21.1. The average Bonchev–Trinajstić information content (AvgIpc) is 3.21. The lowest BCUT2D eigenvalue weighted by Crippen LogP contribution is -2.51. The Balaban J connectivity index is 1.47. The topological polar surface area (TPSA) is 26.8 Å². The molecule has 4 nitrogen and oxygen atoms in total. The van der Waals surface area contributed by atoms with Crippen molar-refractivity contribution in [3.05, 3.63) is 66.2 Å². The van der Waals surface area contributed by atoms with Crippen LogP contribution in [0.5, 0.6) is 0 Å². The number of piperazine rings is 1. The Labute approximate surface area is 175 Å². The van der Waals surface area contributed by atoms with Gasteiger partial charge in [-0.05, 0) is 38.5 Å². The molecule has 154 valence electrons. The molecule has 1 amide bonds. The predicted octanol–water partition coefficient (Wildman–Crippen LogP) is 3.85. The minimum atomic E-state index is 0.0416. The molecule has 0 saturated carbocycles. The van der Waals surface area contributed by atoms with Gasteiger partial charge in [0.15, 0.2) is 0 Å². The van der Waals surface area contributed by atoms with Gasteiger partial charge in [-0.25, -0.2) is 0 Å². The van der Waals surface area contributed by atoms with E-state index >= 15 is 0 Å². The Morgan fingerprint density at radius 3 is 2.00 bits per heavy atom. The maximum atomic E-state index is 13.6. The molecule has 0 spiro atoms. The van der Waals surface area contributed by atoms with Gasteiger partial charge in [-0.15, -0.1) is 0 Å². The number of carbonyl (C=O) groups excluding carboxylic acids is 1. The molecule has 29 heavy (non-hydrogen) atoms. The first-order valence-corrected chi connectivity index (χ1v) is 10.8. The van der Waals surface area contributed by atoms with Crippen molar-refractivity contribution in [3.63, 3.8) is 0 Å². The van der Waals surface area contributed by atoms with Crippen LogP contribution < -0.4 is 4.90 Å². The van der Waals surface area contributed by atoms with Gasteiger partial charge in [0.05, 0.1) is 5.92 Å². The number of nitrogens with zero attached hydrogens (tertiary/aromatic N) is 3. The number of carbonyl (C=O) groups is 1. The van der Waals surface area contributed by atoms with Gasteiger partial charge < -0.3 is 9.80 Å². The third-order valence-corrected chi connectivity index (χ3v) is 6.53. The van der Waals surface area contributed by atoms with E-state index in [1.54, 1.807) is 0 Å². The second kappa shape index (κ2) is 8.19. The lowest BCUT2D eigenvalue weighted by molar-refractivity contribution is -0.136. The van der Waals surface area contributed by atoms with Crippen molar-refractivity contribution >= 4 is 11.6 Å². The first-order chi connectivity index (χ1) is 13.9. The van der Waals surface area contributed by atoms with Crippen LogP contribution in [0.3, 0.4) is 0 Å². The number of anilines is 1. The van der Waals surface area contributed by atoms with E-state index in [4.69, 9.17) is 0 Å². The van der Waals surface area contributed by atoms with Gasteiger partial charge >= 0.3 is 0 Å². The lowest BCUT2D eigenvalue weighted by Gasteiger charge is -2.38. The second-order valence-electron chi connectivity index (χ2n) is 9.35. The Morgan fingerprint density at radius 1 is 0.828 bits per heavy atom. The molecule has 0 N–H and O–H groups in total. The molecule has 2 atom stereocenters. The fourth-order valence-electron chi connectivity index (χ4n) is 4.70. The number of hydrogen-bond donors (Lipinski definition) is 0. The minimum absolute atomic E-state index is 0.0416. The SMILES string of the molecule is CC(C)(C)N1C[C@@H](C(=O)N2CCN(c3ccccc3)CC2)[C@H](c2ccccc2)C1. The van der Waals surface area contributed by atoms with Crippen LogP contribution >= 0.6 is 0 Å². The van der Waals surface area contributed by atoms with Crippen LogP contribution in [0.25, 0.3) is 0 Å². The van der Waals surface area contributed by atoms with E-state index in [0.29, 0.717) is 5.91 Å². The van der Waals surface area contributed by atoms with Gasteiger partial charge in [0.2, 0.25) is 5.91 Å². The van der Waals surface area contributed by atoms with Crippen LogP contribution in [-0.4, -0.2) is 60.5 Å². The van der Waals surface area contributed by atoms with E-state index in [2.05, 4.69) is 90.1 Å². The molecule has 0 bridgehead atoms. The normalized spacial score (nSPS) is 23.4. The third-order valence-electron chi connectivity index (χ3n) is 6.53. The lowest BCUT2D eigenvalue weighted by atomic mass is 9.88. The fraction of sp³-hybridized carbons (Fsp3) is 0.480. The summed E-state index contributed by atoms with van der Waals surface area (Å²) in [5, 5.41) is 0. The molecule has 2 aliphatic rings. The summed E-state index contributed by atoms with van der Waals surface area (Å²) in [4.78, 5) is 20.5. The molecule has 0 aliphatic carbocycles. The van der Waals surface area contributed by atoms with E-state index in [1.807, 2.05) is 6.07 Å². The fourth-order valence-corrected chi connectivity index (χ4v) is 4.70. The van der Waals surface area contributed by atoms with Crippen LogP contribution in [0.1, 0.15) is 32.3 Å². The number of benzene rings is 2. The van der Waals surface area contributed by atoms with E-state index in [9.17, 15) is 4.79 Å². The Morgan fingerprint density at radius 2 is 1.41 bits per heavy atom. The summed E-state index contributed by atoms with van der Waals surface area (Å²) in [5.41, 5.74) is 2.62. The predicted molar refractivity (Wildman–Crippen MR) is 119 cm³/mol. The Bertz CT molecular complexity index is 807. The number of amides is 1. The van der Waals surface area contributed by atoms with Gasteiger partial charge in [-0.3, -0.25) is 9.69 Å². The average molecular weight is 392 g/mol. The highest BCUT2D eigenvalue weighted by Gasteiger charge is 2.43. The summed E-state index contributed by atoms with van der Waals surface area (Å²) in [7, 11) is 0. The van der Waals surface area contributed by atoms with E-state index < -0.39 is 0 Å². The number of likely N-dealkylation sites (tertiary alicyclic amines) is 1. The second-order valence-corrected chi connectivity index (χ2v) is 9.35. The van der Waals surface area contributed by atoms with Crippen molar-refractivity contribution in [3.8, 4) is 0 Å². The molecule has 2 aliphatic heterocycles. The van der Waals surface area contributed by atoms with Crippen LogP contribution in [0.4, 0.5) is 5.69 Å².